The lowest BCUT2D eigenvalue weighted by Crippen LogP contribution is -2.28. The van der Waals surface area contributed by atoms with Gasteiger partial charge in [0.05, 0.1) is 4.90 Å². The third kappa shape index (κ3) is 3.31. The summed E-state index contributed by atoms with van der Waals surface area (Å²) in [6.45, 7) is 7.42. The van der Waals surface area contributed by atoms with E-state index in [-0.39, 0.29) is 6.54 Å². The summed E-state index contributed by atoms with van der Waals surface area (Å²) in [5.74, 6) is -0.400. The van der Waals surface area contributed by atoms with Crippen molar-refractivity contribution < 1.29 is 12.8 Å². The molecule has 0 spiro atoms. The van der Waals surface area contributed by atoms with Crippen molar-refractivity contribution in [3.8, 4) is 0 Å². The van der Waals surface area contributed by atoms with Crippen molar-refractivity contribution in [2.24, 2.45) is 0 Å². The maximum atomic E-state index is 13.8. The van der Waals surface area contributed by atoms with E-state index >= 15 is 0 Å². The van der Waals surface area contributed by atoms with Crippen molar-refractivity contribution in [2.45, 2.75) is 39.1 Å². The smallest absolute Gasteiger partial charge is 0.207 e. The van der Waals surface area contributed by atoms with Crippen molar-refractivity contribution >= 4 is 10.0 Å². The number of halogens is 1. The van der Waals surface area contributed by atoms with Crippen LogP contribution < -0.4 is 0 Å². The Hall–Kier alpha value is -1.72. The summed E-state index contributed by atoms with van der Waals surface area (Å²) in [5.41, 5.74) is 3.72. The third-order valence-electron chi connectivity index (χ3n) is 4.32. The quantitative estimate of drug-likeness (QED) is 0.850. The van der Waals surface area contributed by atoms with Crippen molar-refractivity contribution in [2.75, 3.05) is 7.05 Å². The van der Waals surface area contributed by atoms with Crippen LogP contribution in [0.25, 0.3) is 0 Å². The number of aryl methyl sites for hydroxylation is 2. The van der Waals surface area contributed by atoms with Gasteiger partial charge in [-0.05, 0) is 56.0 Å². The lowest BCUT2D eigenvalue weighted by Gasteiger charge is -2.22. The van der Waals surface area contributed by atoms with Crippen LogP contribution in [-0.2, 0) is 16.6 Å². The molecule has 0 heterocycles. The van der Waals surface area contributed by atoms with Gasteiger partial charge in [0, 0.05) is 19.2 Å². The molecule has 0 N–H and O–H groups in total. The van der Waals surface area contributed by atoms with Crippen LogP contribution in [0.1, 0.15) is 27.8 Å². The van der Waals surface area contributed by atoms with Gasteiger partial charge < -0.3 is 0 Å². The second kappa shape index (κ2) is 6.42. The molecule has 0 aliphatic heterocycles. The molecule has 0 aliphatic carbocycles. The van der Waals surface area contributed by atoms with Gasteiger partial charge in [0.2, 0.25) is 10.0 Å². The number of sulfonamides is 1. The number of hydrogen-bond donors (Lipinski definition) is 0. The molecule has 0 saturated carbocycles. The molecule has 2 rings (SSSR count). The van der Waals surface area contributed by atoms with Crippen molar-refractivity contribution in [3.63, 3.8) is 0 Å². The molecule has 0 atom stereocenters. The molecule has 2 aromatic rings. The Kier molecular flexibility index (Phi) is 4.92. The van der Waals surface area contributed by atoms with Gasteiger partial charge in [0.25, 0.3) is 0 Å². The van der Waals surface area contributed by atoms with Crippen LogP contribution in [-0.4, -0.2) is 19.8 Å². The zero-order chi connectivity index (χ0) is 17.4. The summed E-state index contributed by atoms with van der Waals surface area (Å²) >= 11 is 0. The fourth-order valence-electron chi connectivity index (χ4n) is 2.67. The SMILES string of the molecule is Cc1cc(C)c(C)c(S(=O)(=O)N(C)Cc2ccccc2F)c1C. The molecular formula is C18H22FNO2S. The first kappa shape index (κ1) is 17.6. The molecule has 0 aliphatic rings. The highest BCUT2D eigenvalue weighted by atomic mass is 32.2. The summed E-state index contributed by atoms with van der Waals surface area (Å²) in [6, 6.07) is 8.21. The van der Waals surface area contributed by atoms with Gasteiger partial charge in [-0.2, -0.15) is 4.31 Å². The van der Waals surface area contributed by atoms with E-state index in [1.807, 2.05) is 33.8 Å². The molecule has 0 bridgehead atoms. The number of nitrogens with zero attached hydrogens (tertiary/aromatic N) is 1. The average molecular weight is 335 g/mol. The summed E-state index contributed by atoms with van der Waals surface area (Å²) < 4.78 is 41.0. The Morgan fingerprint density at radius 3 is 2.04 bits per heavy atom. The number of benzene rings is 2. The molecule has 0 unspecified atom stereocenters. The zero-order valence-corrected chi connectivity index (χ0v) is 15.0. The molecule has 3 nitrogen and oxygen atoms in total. The maximum absolute atomic E-state index is 13.8. The Morgan fingerprint density at radius 2 is 1.52 bits per heavy atom. The van der Waals surface area contributed by atoms with Crippen molar-refractivity contribution in [1.29, 1.82) is 0 Å². The van der Waals surface area contributed by atoms with Gasteiger partial charge in [0.1, 0.15) is 5.82 Å². The summed E-state index contributed by atoms with van der Waals surface area (Å²) in [6.07, 6.45) is 0. The minimum Gasteiger partial charge on any atom is -0.207 e. The predicted molar refractivity (Wildman–Crippen MR) is 90.4 cm³/mol. The first-order valence-corrected chi connectivity index (χ1v) is 8.87. The van der Waals surface area contributed by atoms with E-state index in [0.717, 1.165) is 22.3 Å². The fourth-order valence-corrected chi connectivity index (χ4v) is 4.39. The Labute approximate surface area is 137 Å². The highest BCUT2D eigenvalue weighted by Crippen LogP contribution is 2.29. The summed E-state index contributed by atoms with van der Waals surface area (Å²) in [4.78, 5) is 0.328. The van der Waals surface area contributed by atoms with E-state index < -0.39 is 15.8 Å². The highest BCUT2D eigenvalue weighted by molar-refractivity contribution is 7.89. The second-order valence-corrected chi connectivity index (χ2v) is 7.92. The summed E-state index contributed by atoms with van der Waals surface area (Å²) in [7, 11) is -2.21. The topological polar surface area (TPSA) is 37.4 Å². The Balaban J connectivity index is 2.49. The predicted octanol–water partition coefficient (Wildman–Crippen LogP) is 3.88. The van der Waals surface area contributed by atoms with Crippen molar-refractivity contribution in [3.05, 3.63) is 64.0 Å². The first-order chi connectivity index (χ1) is 10.7. The van der Waals surface area contributed by atoms with Crippen LogP contribution in [0.3, 0.4) is 0 Å². The Morgan fingerprint density at radius 1 is 1.00 bits per heavy atom. The number of hydrogen-bond acceptors (Lipinski definition) is 2. The van der Waals surface area contributed by atoms with E-state index in [9.17, 15) is 12.8 Å². The Bertz CT molecular complexity index is 818. The standard InChI is InChI=1S/C18H22FNO2S/c1-12-10-13(2)15(4)18(14(12)3)23(21,22)20(5)11-16-8-6-7-9-17(16)19/h6-10H,11H2,1-5H3. The normalized spacial score (nSPS) is 12.0. The summed E-state index contributed by atoms with van der Waals surface area (Å²) in [5, 5.41) is 0. The van der Waals surface area contributed by atoms with Crippen LogP contribution in [0.2, 0.25) is 0 Å². The van der Waals surface area contributed by atoms with Gasteiger partial charge in [-0.15, -0.1) is 0 Å². The molecule has 0 saturated heterocycles. The second-order valence-electron chi connectivity index (χ2n) is 5.94. The minimum atomic E-state index is -3.69. The molecular weight excluding hydrogens is 313 g/mol. The van der Waals surface area contributed by atoms with Crippen LogP contribution in [0.15, 0.2) is 35.2 Å². The monoisotopic (exact) mass is 335 g/mol. The van der Waals surface area contributed by atoms with Gasteiger partial charge in [-0.1, -0.05) is 24.3 Å². The molecule has 0 fully saturated rings. The van der Waals surface area contributed by atoms with Crippen LogP contribution in [0.5, 0.6) is 0 Å². The highest BCUT2D eigenvalue weighted by Gasteiger charge is 2.27. The van der Waals surface area contributed by atoms with Gasteiger partial charge in [-0.3, -0.25) is 0 Å². The van der Waals surface area contributed by atoms with E-state index in [0.29, 0.717) is 10.5 Å². The van der Waals surface area contributed by atoms with Crippen molar-refractivity contribution in [1.82, 2.24) is 4.31 Å². The molecule has 23 heavy (non-hydrogen) atoms. The van der Waals surface area contributed by atoms with E-state index in [2.05, 4.69) is 0 Å². The van der Waals surface area contributed by atoms with Crippen LogP contribution in [0, 0.1) is 33.5 Å². The lowest BCUT2D eigenvalue weighted by atomic mass is 10.0. The van der Waals surface area contributed by atoms with Crippen LogP contribution >= 0.6 is 0 Å². The average Bonchev–Trinajstić information content (AvgIpc) is 2.47. The van der Waals surface area contributed by atoms with Gasteiger partial charge in [0.15, 0.2) is 0 Å². The van der Waals surface area contributed by atoms with E-state index in [4.69, 9.17) is 0 Å². The molecule has 5 heteroatoms. The first-order valence-electron chi connectivity index (χ1n) is 7.43. The van der Waals surface area contributed by atoms with E-state index in [1.54, 1.807) is 18.2 Å². The lowest BCUT2D eigenvalue weighted by molar-refractivity contribution is 0.455. The fraction of sp³-hybridized carbons (Fsp3) is 0.333. The molecule has 0 aromatic heterocycles. The van der Waals surface area contributed by atoms with Gasteiger partial charge in [-0.25, -0.2) is 12.8 Å². The maximum Gasteiger partial charge on any atom is 0.243 e. The molecule has 2 aromatic carbocycles. The molecule has 0 amide bonds. The van der Waals surface area contributed by atoms with E-state index in [1.165, 1.54) is 17.4 Å². The largest absolute Gasteiger partial charge is 0.243 e. The number of rotatable bonds is 4. The van der Waals surface area contributed by atoms with Gasteiger partial charge >= 0.3 is 0 Å². The zero-order valence-electron chi connectivity index (χ0n) is 14.1. The molecule has 0 radical (unpaired) electrons. The molecule has 124 valence electrons. The van der Waals surface area contributed by atoms with Crippen LogP contribution in [0.4, 0.5) is 4.39 Å². The minimum absolute atomic E-state index is 0.000869. The third-order valence-corrected chi connectivity index (χ3v) is 6.39.